The second kappa shape index (κ2) is 8.67. The Morgan fingerprint density at radius 1 is 1.04 bits per heavy atom. The van der Waals surface area contributed by atoms with Crippen molar-refractivity contribution < 1.29 is 14.3 Å². The molecule has 0 aliphatic carbocycles. The topological polar surface area (TPSA) is 67.4 Å². The van der Waals surface area contributed by atoms with Crippen LogP contribution in [0.4, 0.5) is 11.4 Å². The molecule has 2 N–H and O–H groups in total. The lowest BCUT2D eigenvalue weighted by Gasteiger charge is -2.12. The number of halogens is 1. The standard InChI is InChI=1S/C19H21BrN2O3/c1-4-18(23)21-14-6-8-15(9-7-14)22-19(24)13-5-10-17(16(20)11-13)25-12(2)3/h5-12H,4H2,1-3H3,(H,21,23)(H,22,24). The van der Waals surface area contributed by atoms with Gasteiger partial charge >= 0.3 is 0 Å². The molecule has 0 fully saturated rings. The summed E-state index contributed by atoms with van der Waals surface area (Å²) in [4.78, 5) is 23.7. The summed E-state index contributed by atoms with van der Waals surface area (Å²) in [6.45, 7) is 5.68. The summed E-state index contributed by atoms with van der Waals surface area (Å²) in [7, 11) is 0. The molecule has 0 bridgehead atoms. The van der Waals surface area contributed by atoms with Gasteiger partial charge in [0, 0.05) is 23.4 Å². The van der Waals surface area contributed by atoms with Crippen LogP contribution in [0.1, 0.15) is 37.6 Å². The van der Waals surface area contributed by atoms with Gasteiger partial charge < -0.3 is 15.4 Å². The summed E-state index contributed by atoms with van der Waals surface area (Å²) in [6.07, 6.45) is 0.479. The van der Waals surface area contributed by atoms with Crippen LogP contribution in [0.3, 0.4) is 0 Å². The van der Waals surface area contributed by atoms with Crippen LogP contribution in [-0.4, -0.2) is 17.9 Å². The van der Waals surface area contributed by atoms with Gasteiger partial charge in [-0.1, -0.05) is 6.92 Å². The predicted octanol–water partition coefficient (Wildman–Crippen LogP) is 4.84. The molecule has 0 aliphatic rings. The van der Waals surface area contributed by atoms with Crippen LogP contribution in [0.5, 0.6) is 5.75 Å². The van der Waals surface area contributed by atoms with E-state index in [9.17, 15) is 9.59 Å². The second-order valence-corrected chi connectivity index (χ2v) is 6.60. The van der Waals surface area contributed by atoms with Crippen LogP contribution < -0.4 is 15.4 Å². The van der Waals surface area contributed by atoms with Gasteiger partial charge in [-0.3, -0.25) is 9.59 Å². The average molecular weight is 405 g/mol. The molecule has 0 saturated carbocycles. The Kier molecular flexibility index (Phi) is 6.58. The molecule has 0 radical (unpaired) electrons. The first kappa shape index (κ1) is 19.0. The van der Waals surface area contributed by atoms with Crippen molar-refractivity contribution >= 4 is 39.1 Å². The smallest absolute Gasteiger partial charge is 0.255 e. The number of rotatable bonds is 6. The number of hydrogen-bond acceptors (Lipinski definition) is 3. The first-order valence-corrected chi connectivity index (χ1v) is 8.85. The van der Waals surface area contributed by atoms with Gasteiger partial charge in [0.05, 0.1) is 10.6 Å². The van der Waals surface area contributed by atoms with Gasteiger partial charge in [0.1, 0.15) is 5.75 Å². The number of carbonyl (C=O) groups excluding carboxylic acids is 2. The lowest BCUT2D eigenvalue weighted by atomic mass is 10.2. The Hall–Kier alpha value is -2.34. The summed E-state index contributed by atoms with van der Waals surface area (Å²) in [5.41, 5.74) is 1.87. The van der Waals surface area contributed by atoms with E-state index in [1.807, 2.05) is 13.8 Å². The molecule has 5 nitrogen and oxygen atoms in total. The summed E-state index contributed by atoms with van der Waals surface area (Å²) in [5.74, 6) is 0.426. The zero-order valence-corrected chi connectivity index (χ0v) is 16.0. The minimum atomic E-state index is -0.220. The summed E-state index contributed by atoms with van der Waals surface area (Å²) >= 11 is 3.42. The fourth-order valence-corrected chi connectivity index (χ4v) is 2.55. The predicted molar refractivity (Wildman–Crippen MR) is 103 cm³/mol. The fraction of sp³-hybridized carbons (Fsp3) is 0.263. The number of ether oxygens (including phenoxy) is 1. The van der Waals surface area contributed by atoms with Crippen LogP contribution in [0.15, 0.2) is 46.9 Å². The fourth-order valence-electron chi connectivity index (χ4n) is 2.08. The van der Waals surface area contributed by atoms with Gasteiger partial charge in [-0.25, -0.2) is 0 Å². The van der Waals surface area contributed by atoms with Crippen molar-refractivity contribution in [3.63, 3.8) is 0 Å². The Balaban J connectivity index is 2.04. The van der Waals surface area contributed by atoms with E-state index in [0.717, 1.165) is 4.47 Å². The molecular weight excluding hydrogens is 384 g/mol. The van der Waals surface area contributed by atoms with E-state index in [1.165, 1.54) is 0 Å². The van der Waals surface area contributed by atoms with Crippen LogP contribution in [0.2, 0.25) is 0 Å². The van der Waals surface area contributed by atoms with Crippen LogP contribution in [0, 0.1) is 0 Å². The molecule has 2 aromatic rings. The van der Waals surface area contributed by atoms with Gasteiger partial charge in [0.25, 0.3) is 5.91 Å². The van der Waals surface area contributed by atoms with E-state index >= 15 is 0 Å². The van der Waals surface area contributed by atoms with Crippen molar-refractivity contribution in [1.29, 1.82) is 0 Å². The maximum atomic E-state index is 12.4. The first-order valence-electron chi connectivity index (χ1n) is 8.06. The molecule has 0 spiro atoms. The minimum absolute atomic E-state index is 0.0506. The van der Waals surface area contributed by atoms with Crippen molar-refractivity contribution in [2.75, 3.05) is 10.6 Å². The highest BCUT2D eigenvalue weighted by atomic mass is 79.9. The van der Waals surface area contributed by atoms with E-state index in [1.54, 1.807) is 49.4 Å². The molecule has 2 amide bonds. The zero-order valence-electron chi connectivity index (χ0n) is 14.4. The maximum absolute atomic E-state index is 12.4. The molecule has 2 aromatic carbocycles. The van der Waals surface area contributed by atoms with Gasteiger partial charge in [0.15, 0.2) is 0 Å². The average Bonchev–Trinajstić information content (AvgIpc) is 2.57. The molecule has 0 aromatic heterocycles. The molecule has 25 heavy (non-hydrogen) atoms. The lowest BCUT2D eigenvalue weighted by Crippen LogP contribution is -2.13. The number of hydrogen-bond donors (Lipinski definition) is 2. The Labute approximate surface area is 155 Å². The van der Waals surface area contributed by atoms with Gasteiger partial charge in [-0.05, 0) is 72.2 Å². The molecule has 0 saturated heterocycles. The molecule has 2 rings (SSSR count). The third-order valence-electron chi connectivity index (χ3n) is 3.30. The van der Waals surface area contributed by atoms with Crippen LogP contribution >= 0.6 is 15.9 Å². The molecule has 0 heterocycles. The second-order valence-electron chi connectivity index (χ2n) is 5.75. The van der Waals surface area contributed by atoms with Crippen molar-refractivity contribution in [3.8, 4) is 5.75 Å². The largest absolute Gasteiger partial charge is 0.490 e. The quantitative estimate of drug-likeness (QED) is 0.723. The summed E-state index contributed by atoms with van der Waals surface area (Å²) in [5, 5.41) is 5.59. The lowest BCUT2D eigenvalue weighted by molar-refractivity contribution is -0.115. The van der Waals surface area contributed by atoms with E-state index in [4.69, 9.17) is 4.74 Å². The third kappa shape index (κ3) is 5.60. The first-order chi connectivity index (χ1) is 11.9. The third-order valence-corrected chi connectivity index (χ3v) is 3.92. The molecule has 132 valence electrons. The molecule has 0 unspecified atom stereocenters. The Morgan fingerprint density at radius 3 is 2.16 bits per heavy atom. The molecule has 0 aliphatic heterocycles. The summed E-state index contributed by atoms with van der Waals surface area (Å²) < 4.78 is 6.37. The van der Waals surface area contributed by atoms with Crippen molar-refractivity contribution in [3.05, 3.63) is 52.5 Å². The highest BCUT2D eigenvalue weighted by molar-refractivity contribution is 9.10. The molecule has 6 heteroatoms. The van der Waals surface area contributed by atoms with Gasteiger partial charge in [0.2, 0.25) is 5.91 Å². The van der Waals surface area contributed by atoms with Crippen LogP contribution in [0.25, 0.3) is 0 Å². The highest BCUT2D eigenvalue weighted by Gasteiger charge is 2.10. The van der Waals surface area contributed by atoms with Crippen LogP contribution in [-0.2, 0) is 4.79 Å². The number of anilines is 2. The highest BCUT2D eigenvalue weighted by Crippen LogP contribution is 2.27. The van der Waals surface area contributed by atoms with Crippen molar-refractivity contribution in [2.45, 2.75) is 33.3 Å². The Bertz CT molecular complexity index is 758. The SMILES string of the molecule is CCC(=O)Nc1ccc(NC(=O)c2ccc(OC(C)C)c(Br)c2)cc1. The number of nitrogens with one attached hydrogen (secondary N) is 2. The molecular formula is C19H21BrN2O3. The minimum Gasteiger partial charge on any atom is -0.490 e. The van der Waals surface area contributed by atoms with Gasteiger partial charge in [-0.2, -0.15) is 0 Å². The summed E-state index contributed by atoms with van der Waals surface area (Å²) in [6, 6.07) is 12.2. The van der Waals surface area contributed by atoms with E-state index in [-0.39, 0.29) is 17.9 Å². The van der Waals surface area contributed by atoms with E-state index in [2.05, 4.69) is 26.6 Å². The number of carbonyl (C=O) groups is 2. The van der Waals surface area contributed by atoms with Crippen molar-refractivity contribution in [1.82, 2.24) is 0 Å². The maximum Gasteiger partial charge on any atom is 0.255 e. The molecule has 0 atom stereocenters. The van der Waals surface area contributed by atoms with Crippen molar-refractivity contribution in [2.24, 2.45) is 0 Å². The normalized spacial score (nSPS) is 10.4. The van der Waals surface area contributed by atoms with Gasteiger partial charge in [-0.15, -0.1) is 0 Å². The van der Waals surface area contributed by atoms with E-state index in [0.29, 0.717) is 29.1 Å². The Morgan fingerprint density at radius 2 is 1.64 bits per heavy atom. The van der Waals surface area contributed by atoms with E-state index < -0.39 is 0 Å². The number of amides is 2. The monoisotopic (exact) mass is 404 g/mol. The number of benzene rings is 2. The zero-order chi connectivity index (χ0) is 18.4.